The van der Waals surface area contributed by atoms with E-state index in [-0.39, 0.29) is 0 Å². The molecule has 0 aliphatic heterocycles. The van der Waals surface area contributed by atoms with E-state index < -0.39 is 0 Å². The van der Waals surface area contributed by atoms with Gasteiger partial charge in [0.25, 0.3) is 0 Å². The van der Waals surface area contributed by atoms with Crippen LogP contribution in [0.1, 0.15) is 30.9 Å². The normalized spacial score (nSPS) is 10.0. The van der Waals surface area contributed by atoms with Crippen molar-refractivity contribution in [3.8, 4) is 11.8 Å². The third kappa shape index (κ3) is 2.22. The SMILES string of the molecule is CC(C)c1ccc(CC#N)cc1O. The molecule has 1 rings (SSSR count). The average molecular weight is 175 g/mol. The monoisotopic (exact) mass is 175 g/mol. The number of phenolic OH excluding ortho intramolecular Hbond substituents is 1. The van der Waals surface area contributed by atoms with Gasteiger partial charge in [-0.1, -0.05) is 26.0 Å². The summed E-state index contributed by atoms with van der Waals surface area (Å²) >= 11 is 0. The fraction of sp³-hybridized carbons (Fsp3) is 0.364. The molecular formula is C11H13NO. The molecule has 0 bridgehead atoms. The van der Waals surface area contributed by atoms with Gasteiger partial charge < -0.3 is 5.11 Å². The molecule has 1 aromatic carbocycles. The molecule has 0 aliphatic carbocycles. The predicted octanol–water partition coefficient (Wildman–Crippen LogP) is 2.58. The summed E-state index contributed by atoms with van der Waals surface area (Å²) in [6.07, 6.45) is 0.353. The summed E-state index contributed by atoms with van der Waals surface area (Å²) in [5, 5.41) is 18.0. The average Bonchev–Trinajstić information content (AvgIpc) is 2.04. The van der Waals surface area contributed by atoms with Crippen LogP contribution in [0.25, 0.3) is 0 Å². The minimum atomic E-state index is 0.294. The molecule has 13 heavy (non-hydrogen) atoms. The maximum absolute atomic E-state index is 9.58. The Morgan fingerprint density at radius 3 is 2.62 bits per heavy atom. The Morgan fingerprint density at radius 1 is 1.46 bits per heavy atom. The van der Waals surface area contributed by atoms with Gasteiger partial charge >= 0.3 is 0 Å². The molecule has 0 fully saturated rings. The molecule has 0 spiro atoms. The number of phenols is 1. The van der Waals surface area contributed by atoms with Crippen molar-refractivity contribution in [1.29, 1.82) is 5.26 Å². The first-order chi connectivity index (χ1) is 6.15. The molecule has 0 aromatic heterocycles. The molecule has 1 N–H and O–H groups in total. The first kappa shape index (κ1) is 9.60. The molecule has 0 radical (unpaired) electrons. The lowest BCUT2D eigenvalue weighted by Gasteiger charge is -2.08. The van der Waals surface area contributed by atoms with Crippen LogP contribution in [-0.4, -0.2) is 5.11 Å². The van der Waals surface area contributed by atoms with Gasteiger partial charge in [0.05, 0.1) is 12.5 Å². The number of hydrogen-bond acceptors (Lipinski definition) is 2. The Hall–Kier alpha value is -1.49. The van der Waals surface area contributed by atoms with Crippen LogP contribution < -0.4 is 0 Å². The molecule has 0 atom stereocenters. The second-order valence-electron chi connectivity index (χ2n) is 3.38. The van der Waals surface area contributed by atoms with Crippen LogP contribution in [0.15, 0.2) is 18.2 Å². The predicted molar refractivity (Wildman–Crippen MR) is 51.5 cm³/mol. The standard InChI is InChI=1S/C11H13NO/c1-8(2)10-4-3-9(5-6-12)7-11(10)13/h3-4,7-8,13H,5H2,1-2H3. The minimum Gasteiger partial charge on any atom is -0.508 e. The van der Waals surface area contributed by atoms with Gasteiger partial charge in [-0.3, -0.25) is 0 Å². The quantitative estimate of drug-likeness (QED) is 0.750. The lowest BCUT2D eigenvalue weighted by atomic mass is 10.00. The zero-order valence-electron chi connectivity index (χ0n) is 7.91. The highest BCUT2D eigenvalue weighted by molar-refractivity contribution is 5.39. The summed E-state index contributed by atoms with van der Waals surface area (Å²) in [6.45, 7) is 4.05. The van der Waals surface area contributed by atoms with Gasteiger partial charge in [-0.05, 0) is 23.1 Å². The third-order valence-electron chi connectivity index (χ3n) is 2.00. The topological polar surface area (TPSA) is 44.0 Å². The number of nitrogens with zero attached hydrogens (tertiary/aromatic N) is 1. The van der Waals surface area contributed by atoms with Gasteiger partial charge in [0, 0.05) is 0 Å². The van der Waals surface area contributed by atoms with E-state index >= 15 is 0 Å². The molecule has 2 nitrogen and oxygen atoms in total. The maximum Gasteiger partial charge on any atom is 0.119 e. The van der Waals surface area contributed by atoms with Crippen LogP contribution in [0.3, 0.4) is 0 Å². The number of benzene rings is 1. The number of nitriles is 1. The molecule has 0 heterocycles. The Balaban J connectivity index is 3.00. The van der Waals surface area contributed by atoms with E-state index in [1.54, 1.807) is 6.07 Å². The van der Waals surface area contributed by atoms with E-state index in [4.69, 9.17) is 5.26 Å². The van der Waals surface area contributed by atoms with Crippen molar-refractivity contribution >= 4 is 0 Å². The highest BCUT2D eigenvalue weighted by Gasteiger charge is 2.05. The van der Waals surface area contributed by atoms with Crippen molar-refractivity contribution in [2.24, 2.45) is 0 Å². The summed E-state index contributed by atoms with van der Waals surface area (Å²) in [5.41, 5.74) is 1.80. The summed E-state index contributed by atoms with van der Waals surface area (Å²) in [4.78, 5) is 0. The highest BCUT2D eigenvalue weighted by Crippen LogP contribution is 2.26. The van der Waals surface area contributed by atoms with Crippen molar-refractivity contribution in [2.75, 3.05) is 0 Å². The highest BCUT2D eigenvalue weighted by atomic mass is 16.3. The van der Waals surface area contributed by atoms with E-state index in [2.05, 4.69) is 0 Å². The summed E-state index contributed by atoms with van der Waals surface area (Å²) < 4.78 is 0. The summed E-state index contributed by atoms with van der Waals surface area (Å²) in [5.74, 6) is 0.610. The van der Waals surface area contributed by atoms with Crippen LogP contribution in [0.4, 0.5) is 0 Å². The molecule has 0 saturated carbocycles. The third-order valence-corrected chi connectivity index (χ3v) is 2.00. The lowest BCUT2D eigenvalue weighted by Crippen LogP contribution is -1.90. The largest absolute Gasteiger partial charge is 0.508 e. The smallest absolute Gasteiger partial charge is 0.119 e. The summed E-state index contributed by atoms with van der Waals surface area (Å²) in [7, 11) is 0. The van der Waals surface area contributed by atoms with Crippen LogP contribution in [0.2, 0.25) is 0 Å². The molecular weight excluding hydrogens is 162 g/mol. The minimum absolute atomic E-state index is 0.294. The molecule has 0 aliphatic rings. The first-order valence-electron chi connectivity index (χ1n) is 4.34. The van der Waals surface area contributed by atoms with Crippen LogP contribution in [-0.2, 0) is 6.42 Å². The fourth-order valence-electron chi connectivity index (χ4n) is 1.28. The van der Waals surface area contributed by atoms with Crippen molar-refractivity contribution in [1.82, 2.24) is 0 Å². The second kappa shape index (κ2) is 3.95. The van der Waals surface area contributed by atoms with E-state index in [1.807, 2.05) is 32.0 Å². The van der Waals surface area contributed by atoms with Crippen molar-refractivity contribution in [3.63, 3.8) is 0 Å². The van der Waals surface area contributed by atoms with Crippen molar-refractivity contribution < 1.29 is 5.11 Å². The van der Waals surface area contributed by atoms with Gasteiger partial charge in [-0.2, -0.15) is 5.26 Å². The fourth-order valence-corrected chi connectivity index (χ4v) is 1.28. The van der Waals surface area contributed by atoms with E-state index in [1.165, 1.54) is 0 Å². The second-order valence-corrected chi connectivity index (χ2v) is 3.38. The van der Waals surface area contributed by atoms with E-state index in [0.29, 0.717) is 18.1 Å². The van der Waals surface area contributed by atoms with Crippen LogP contribution in [0.5, 0.6) is 5.75 Å². The molecule has 1 aromatic rings. The van der Waals surface area contributed by atoms with Gasteiger partial charge in [0.2, 0.25) is 0 Å². The van der Waals surface area contributed by atoms with Gasteiger partial charge in [-0.25, -0.2) is 0 Å². The Kier molecular flexibility index (Phi) is 2.92. The van der Waals surface area contributed by atoms with Crippen LogP contribution >= 0.6 is 0 Å². The first-order valence-corrected chi connectivity index (χ1v) is 4.34. The van der Waals surface area contributed by atoms with Crippen LogP contribution in [0, 0.1) is 11.3 Å². The molecule has 0 unspecified atom stereocenters. The zero-order chi connectivity index (χ0) is 9.84. The lowest BCUT2D eigenvalue weighted by molar-refractivity contribution is 0.464. The Labute approximate surface area is 78.4 Å². The molecule has 0 saturated heterocycles. The zero-order valence-corrected chi connectivity index (χ0v) is 7.91. The number of hydrogen-bond donors (Lipinski definition) is 1. The van der Waals surface area contributed by atoms with Gasteiger partial charge in [0.1, 0.15) is 5.75 Å². The maximum atomic E-state index is 9.58. The Bertz CT molecular complexity index is 336. The molecule has 2 heteroatoms. The molecule has 68 valence electrons. The van der Waals surface area contributed by atoms with E-state index in [0.717, 1.165) is 11.1 Å². The molecule has 0 amide bonds. The van der Waals surface area contributed by atoms with Crippen molar-refractivity contribution in [2.45, 2.75) is 26.2 Å². The van der Waals surface area contributed by atoms with Gasteiger partial charge in [0.15, 0.2) is 0 Å². The number of aromatic hydroxyl groups is 1. The van der Waals surface area contributed by atoms with Gasteiger partial charge in [-0.15, -0.1) is 0 Å². The number of rotatable bonds is 2. The summed E-state index contributed by atoms with van der Waals surface area (Å²) in [6, 6.07) is 7.48. The van der Waals surface area contributed by atoms with Crippen molar-refractivity contribution in [3.05, 3.63) is 29.3 Å². The van der Waals surface area contributed by atoms with E-state index in [9.17, 15) is 5.11 Å². The Morgan fingerprint density at radius 2 is 2.15 bits per heavy atom.